The predicted molar refractivity (Wildman–Crippen MR) is 133 cm³/mol. The maximum absolute atomic E-state index is 14.0. The van der Waals surface area contributed by atoms with Crippen LogP contribution in [-0.2, 0) is 20.9 Å². The second-order valence-electron chi connectivity index (χ2n) is 11.2. The molecule has 2 bridgehead atoms. The number of likely N-dealkylation sites (tertiary alicyclic amines) is 2. The van der Waals surface area contributed by atoms with Gasteiger partial charge in [-0.15, -0.1) is 0 Å². The van der Waals surface area contributed by atoms with Gasteiger partial charge in [0.05, 0.1) is 12.6 Å². The number of hydrogen-bond acceptors (Lipinski definition) is 5. The van der Waals surface area contributed by atoms with E-state index in [1.165, 1.54) is 9.80 Å². The van der Waals surface area contributed by atoms with Crippen LogP contribution < -0.4 is 0 Å². The minimum absolute atomic E-state index is 0.00698. The van der Waals surface area contributed by atoms with E-state index in [1.54, 1.807) is 0 Å². The third-order valence-corrected chi connectivity index (χ3v) is 9.06. The third-order valence-electron chi connectivity index (χ3n) is 9.06. The standard InChI is InChI=1S/C28H35FN4O4/c29-22-16-23(17-30)32(18-22)24(34)19-33(26(36)37-20-21-6-2-1-3-7-21)28-11-8-27(9-12-28,10-13-28)25(35)31-14-4-5-15-31/h1-3,6-7,22-23H,4-5,8-16,18-20H2/t22-,23-,27?,28?/m0/s1. The Morgan fingerprint density at radius 3 is 2.32 bits per heavy atom. The van der Waals surface area contributed by atoms with Crippen molar-refractivity contribution >= 4 is 17.9 Å². The van der Waals surface area contributed by atoms with Gasteiger partial charge in [0.1, 0.15) is 25.4 Å². The maximum atomic E-state index is 14.0. The highest BCUT2D eigenvalue weighted by Crippen LogP contribution is 2.55. The Morgan fingerprint density at radius 1 is 1.05 bits per heavy atom. The number of amides is 3. The van der Waals surface area contributed by atoms with Gasteiger partial charge in [-0.2, -0.15) is 5.26 Å². The van der Waals surface area contributed by atoms with E-state index < -0.39 is 29.8 Å². The van der Waals surface area contributed by atoms with Crippen LogP contribution in [0.3, 0.4) is 0 Å². The number of ether oxygens (including phenoxy) is 1. The molecule has 2 saturated heterocycles. The van der Waals surface area contributed by atoms with Gasteiger partial charge in [0.15, 0.2) is 0 Å². The molecule has 3 amide bonds. The molecular formula is C28H35FN4O4. The van der Waals surface area contributed by atoms with Crippen LogP contribution in [0.5, 0.6) is 0 Å². The molecule has 37 heavy (non-hydrogen) atoms. The minimum atomic E-state index is -1.24. The molecule has 0 unspecified atom stereocenters. The SMILES string of the molecule is N#C[C@@H]1C[C@H](F)CN1C(=O)CN(C(=O)OCc1ccccc1)C12CCC(C(=O)N3CCCC3)(CC1)CC2. The Morgan fingerprint density at radius 2 is 1.70 bits per heavy atom. The van der Waals surface area contributed by atoms with Crippen molar-refractivity contribution < 1.29 is 23.5 Å². The molecule has 2 aliphatic heterocycles. The number of nitriles is 1. The first-order valence-electron chi connectivity index (χ1n) is 13.5. The normalized spacial score (nSPS) is 30.7. The number of fused-ring (bicyclic) bond motifs is 3. The number of hydrogen-bond donors (Lipinski definition) is 0. The van der Waals surface area contributed by atoms with E-state index in [4.69, 9.17) is 4.74 Å². The highest BCUT2D eigenvalue weighted by atomic mass is 19.1. The lowest BCUT2D eigenvalue weighted by molar-refractivity contribution is -0.153. The molecule has 2 heterocycles. The number of halogens is 1. The summed E-state index contributed by atoms with van der Waals surface area (Å²) < 4.78 is 19.7. The lowest BCUT2D eigenvalue weighted by Crippen LogP contribution is -2.63. The molecule has 0 spiro atoms. The second-order valence-corrected chi connectivity index (χ2v) is 11.2. The van der Waals surface area contributed by atoms with Gasteiger partial charge in [0, 0.05) is 30.5 Å². The van der Waals surface area contributed by atoms with Gasteiger partial charge in [-0.25, -0.2) is 9.18 Å². The number of nitrogens with zero attached hydrogens (tertiary/aromatic N) is 4. The summed E-state index contributed by atoms with van der Waals surface area (Å²) >= 11 is 0. The molecule has 2 atom stereocenters. The molecule has 0 N–H and O–H groups in total. The van der Waals surface area contributed by atoms with E-state index >= 15 is 0 Å². The first-order chi connectivity index (χ1) is 17.9. The fraction of sp³-hybridized carbons (Fsp3) is 0.643. The summed E-state index contributed by atoms with van der Waals surface area (Å²) in [7, 11) is 0. The number of carbonyl (C=O) groups excluding carboxylic acids is 3. The quantitative estimate of drug-likeness (QED) is 0.580. The van der Waals surface area contributed by atoms with Gasteiger partial charge in [-0.05, 0) is 56.9 Å². The molecule has 5 aliphatic rings. The monoisotopic (exact) mass is 510 g/mol. The van der Waals surface area contributed by atoms with E-state index in [-0.39, 0.29) is 37.4 Å². The molecule has 0 radical (unpaired) electrons. The molecule has 5 fully saturated rings. The highest BCUT2D eigenvalue weighted by molar-refractivity contribution is 5.85. The van der Waals surface area contributed by atoms with Crippen molar-refractivity contribution in [2.24, 2.45) is 5.41 Å². The summed E-state index contributed by atoms with van der Waals surface area (Å²) in [4.78, 5) is 45.0. The largest absolute Gasteiger partial charge is 0.445 e. The molecule has 1 aromatic rings. The fourth-order valence-electron chi connectivity index (χ4n) is 6.78. The van der Waals surface area contributed by atoms with Crippen molar-refractivity contribution in [2.45, 2.75) is 82.1 Å². The van der Waals surface area contributed by atoms with Crippen LogP contribution in [0.15, 0.2) is 30.3 Å². The molecule has 3 aliphatic carbocycles. The van der Waals surface area contributed by atoms with Crippen molar-refractivity contribution in [3.8, 4) is 6.07 Å². The number of carbonyl (C=O) groups is 3. The lowest BCUT2D eigenvalue weighted by atomic mass is 9.56. The second kappa shape index (κ2) is 10.3. The van der Waals surface area contributed by atoms with Crippen LogP contribution in [0.1, 0.15) is 63.4 Å². The van der Waals surface area contributed by atoms with Crippen molar-refractivity contribution in [1.29, 1.82) is 5.26 Å². The predicted octanol–water partition coefficient (Wildman–Crippen LogP) is 3.80. The van der Waals surface area contributed by atoms with Gasteiger partial charge in [0.25, 0.3) is 0 Å². The summed E-state index contributed by atoms with van der Waals surface area (Å²) in [5, 5.41) is 9.43. The van der Waals surface area contributed by atoms with E-state index in [9.17, 15) is 24.0 Å². The Labute approximate surface area is 217 Å². The van der Waals surface area contributed by atoms with E-state index in [1.807, 2.05) is 41.3 Å². The lowest BCUT2D eigenvalue weighted by Gasteiger charge is -2.56. The molecule has 1 aromatic carbocycles. The first kappa shape index (κ1) is 25.5. The maximum Gasteiger partial charge on any atom is 0.411 e. The fourth-order valence-corrected chi connectivity index (χ4v) is 6.78. The van der Waals surface area contributed by atoms with Crippen molar-refractivity contribution in [2.75, 3.05) is 26.2 Å². The van der Waals surface area contributed by atoms with Crippen LogP contribution >= 0.6 is 0 Å². The minimum Gasteiger partial charge on any atom is -0.445 e. The van der Waals surface area contributed by atoms with Crippen LogP contribution in [0, 0.1) is 16.7 Å². The zero-order valence-corrected chi connectivity index (χ0v) is 21.2. The van der Waals surface area contributed by atoms with Crippen molar-refractivity contribution in [3.63, 3.8) is 0 Å². The van der Waals surface area contributed by atoms with E-state index in [0.29, 0.717) is 38.5 Å². The van der Waals surface area contributed by atoms with Crippen LogP contribution in [0.2, 0.25) is 0 Å². The van der Waals surface area contributed by atoms with E-state index in [0.717, 1.165) is 31.5 Å². The summed E-state index contributed by atoms with van der Waals surface area (Å²) in [5.74, 6) is -0.191. The highest BCUT2D eigenvalue weighted by Gasteiger charge is 2.57. The van der Waals surface area contributed by atoms with Gasteiger partial charge >= 0.3 is 6.09 Å². The first-order valence-corrected chi connectivity index (χ1v) is 13.5. The smallest absolute Gasteiger partial charge is 0.411 e. The number of alkyl halides is 1. The average molecular weight is 511 g/mol. The van der Waals surface area contributed by atoms with E-state index in [2.05, 4.69) is 0 Å². The molecule has 0 aromatic heterocycles. The molecule has 8 nitrogen and oxygen atoms in total. The number of rotatable bonds is 6. The Balaban J connectivity index is 1.33. The summed E-state index contributed by atoms with van der Waals surface area (Å²) in [6, 6.07) is 10.5. The summed E-state index contributed by atoms with van der Waals surface area (Å²) in [6.07, 6.45) is 4.15. The van der Waals surface area contributed by atoms with Crippen LogP contribution in [0.4, 0.5) is 9.18 Å². The van der Waals surface area contributed by atoms with Crippen LogP contribution in [0.25, 0.3) is 0 Å². The zero-order chi connectivity index (χ0) is 26.0. The summed E-state index contributed by atoms with van der Waals surface area (Å²) in [5.41, 5.74) is -0.127. The third kappa shape index (κ3) is 4.90. The van der Waals surface area contributed by atoms with Crippen molar-refractivity contribution in [3.05, 3.63) is 35.9 Å². The Bertz CT molecular complexity index is 1040. The zero-order valence-electron chi connectivity index (χ0n) is 21.2. The van der Waals surface area contributed by atoms with Crippen LogP contribution in [-0.4, -0.2) is 76.5 Å². The topological polar surface area (TPSA) is 94.0 Å². The van der Waals surface area contributed by atoms with Gasteiger partial charge in [0.2, 0.25) is 11.8 Å². The molecule has 6 rings (SSSR count). The molecule has 3 saturated carbocycles. The molecule has 198 valence electrons. The molecule has 9 heteroatoms. The Kier molecular flexibility index (Phi) is 7.11. The average Bonchev–Trinajstić information content (AvgIpc) is 3.61. The van der Waals surface area contributed by atoms with Gasteiger partial charge in [-0.3, -0.25) is 14.5 Å². The molecular weight excluding hydrogens is 475 g/mol. The van der Waals surface area contributed by atoms with Crippen molar-refractivity contribution in [1.82, 2.24) is 14.7 Å². The van der Waals surface area contributed by atoms with Gasteiger partial charge in [-0.1, -0.05) is 30.3 Å². The Hall–Kier alpha value is -3.15. The summed E-state index contributed by atoms with van der Waals surface area (Å²) in [6.45, 7) is 1.33. The van der Waals surface area contributed by atoms with Gasteiger partial charge < -0.3 is 14.5 Å². The number of benzene rings is 1.